The van der Waals surface area contributed by atoms with Crippen molar-refractivity contribution in [3.8, 4) is 0 Å². The highest BCUT2D eigenvalue weighted by Gasteiger charge is 2.29. The largest absolute Gasteiger partial charge is 0.396 e. The number of hydrogen-bond acceptors (Lipinski definition) is 2. The Balaban J connectivity index is 1.91. The van der Waals surface area contributed by atoms with Crippen LogP contribution in [0.4, 0.5) is 0 Å². The summed E-state index contributed by atoms with van der Waals surface area (Å²) in [4.78, 5) is 2.54. The summed E-state index contributed by atoms with van der Waals surface area (Å²) in [6.45, 7) is 5.99. The van der Waals surface area contributed by atoms with Gasteiger partial charge in [0.05, 0.1) is 0 Å². The molecule has 0 aliphatic carbocycles. The van der Waals surface area contributed by atoms with E-state index in [2.05, 4.69) is 42.2 Å². The third-order valence-electron chi connectivity index (χ3n) is 4.36. The topological polar surface area (TPSA) is 23.5 Å². The van der Waals surface area contributed by atoms with Crippen LogP contribution in [0, 0.1) is 5.92 Å². The number of hydrogen-bond donors (Lipinski definition) is 1. The predicted octanol–water partition coefficient (Wildman–Crippen LogP) is 3.27. The van der Waals surface area contributed by atoms with Gasteiger partial charge in [0, 0.05) is 19.1 Å². The highest BCUT2D eigenvalue weighted by molar-refractivity contribution is 5.21. The first kappa shape index (κ1) is 14.5. The summed E-state index contributed by atoms with van der Waals surface area (Å²) in [6.07, 6.45) is 5.08. The van der Waals surface area contributed by atoms with Crippen molar-refractivity contribution in [2.45, 2.75) is 38.5 Å². The van der Waals surface area contributed by atoms with Gasteiger partial charge in [-0.15, -0.1) is 0 Å². The van der Waals surface area contributed by atoms with Gasteiger partial charge >= 0.3 is 0 Å². The highest BCUT2D eigenvalue weighted by atomic mass is 16.3. The van der Waals surface area contributed by atoms with Crippen molar-refractivity contribution < 1.29 is 5.11 Å². The summed E-state index contributed by atoms with van der Waals surface area (Å²) in [5, 5.41) is 9.69. The minimum atomic E-state index is 0.309. The molecule has 1 aliphatic heterocycles. The molecule has 2 heteroatoms. The van der Waals surface area contributed by atoms with Gasteiger partial charge in [-0.05, 0) is 37.4 Å². The van der Waals surface area contributed by atoms with Crippen molar-refractivity contribution in [2.24, 2.45) is 5.92 Å². The highest BCUT2D eigenvalue weighted by Crippen LogP contribution is 2.32. The average Bonchev–Trinajstić information content (AvgIpc) is 2.48. The minimum absolute atomic E-state index is 0.309. The molecule has 1 saturated heterocycles. The fourth-order valence-electron chi connectivity index (χ4n) is 3.22. The lowest BCUT2D eigenvalue weighted by Gasteiger charge is -2.38. The van der Waals surface area contributed by atoms with Gasteiger partial charge in [-0.3, -0.25) is 0 Å². The third-order valence-corrected chi connectivity index (χ3v) is 4.36. The normalized spacial score (nSPS) is 24.5. The van der Waals surface area contributed by atoms with Gasteiger partial charge in [-0.25, -0.2) is 0 Å². The Hall–Kier alpha value is -0.860. The van der Waals surface area contributed by atoms with Crippen LogP contribution < -0.4 is 0 Å². The Morgan fingerprint density at radius 3 is 2.68 bits per heavy atom. The zero-order chi connectivity index (χ0) is 13.5. The quantitative estimate of drug-likeness (QED) is 0.794. The Morgan fingerprint density at radius 2 is 2.00 bits per heavy atom. The number of likely N-dealkylation sites (tertiary alicyclic amines) is 1. The molecule has 1 aromatic rings. The SMILES string of the molecule is CCCCCN1CC[C@@H](c2ccccc2)[C@@H](CO)C1. The molecule has 0 bridgehead atoms. The van der Waals surface area contributed by atoms with Crippen LogP contribution in [-0.4, -0.2) is 36.2 Å². The van der Waals surface area contributed by atoms with E-state index < -0.39 is 0 Å². The second kappa shape index (κ2) is 7.66. The lowest BCUT2D eigenvalue weighted by Crippen LogP contribution is -2.41. The van der Waals surface area contributed by atoms with Crippen LogP contribution in [0.15, 0.2) is 30.3 Å². The van der Waals surface area contributed by atoms with Crippen molar-refractivity contribution in [1.29, 1.82) is 0 Å². The number of nitrogens with zero attached hydrogens (tertiary/aromatic N) is 1. The molecule has 1 fully saturated rings. The van der Waals surface area contributed by atoms with Crippen LogP contribution in [0.1, 0.15) is 44.1 Å². The van der Waals surface area contributed by atoms with E-state index in [0.29, 0.717) is 18.4 Å². The first-order valence-electron chi connectivity index (χ1n) is 7.73. The van der Waals surface area contributed by atoms with E-state index in [9.17, 15) is 5.11 Å². The Bertz CT molecular complexity index is 352. The lowest BCUT2D eigenvalue weighted by molar-refractivity contribution is 0.101. The first-order chi connectivity index (χ1) is 9.35. The molecular weight excluding hydrogens is 234 g/mol. The van der Waals surface area contributed by atoms with Crippen LogP contribution in [0.25, 0.3) is 0 Å². The zero-order valence-electron chi connectivity index (χ0n) is 12.1. The maximum Gasteiger partial charge on any atom is 0.0477 e. The zero-order valence-corrected chi connectivity index (χ0v) is 12.1. The maximum atomic E-state index is 9.69. The smallest absolute Gasteiger partial charge is 0.0477 e. The van der Waals surface area contributed by atoms with E-state index in [1.54, 1.807) is 0 Å². The molecule has 106 valence electrons. The summed E-state index contributed by atoms with van der Waals surface area (Å²) in [5.74, 6) is 0.936. The van der Waals surface area contributed by atoms with Gasteiger partial charge in [0.25, 0.3) is 0 Å². The van der Waals surface area contributed by atoms with Crippen LogP contribution in [0.5, 0.6) is 0 Å². The van der Waals surface area contributed by atoms with Crippen molar-refractivity contribution in [3.63, 3.8) is 0 Å². The standard InChI is InChI=1S/C17H27NO/c1-2-3-7-11-18-12-10-17(16(13-18)14-19)15-8-5-4-6-9-15/h4-6,8-9,16-17,19H,2-3,7,10-14H2,1H3/t16-,17+/m1/s1. The molecule has 2 nitrogen and oxygen atoms in total. The Morgan fingerprint density at radius 1 is 1.21 bits per heavy atom. The van der Waals surface area contributed by atoms with Crippen LogP contribution >= 0.6 is 0 Å². The van der Waals surface area contributed by atoms with Gasteiger partial charge in [-0.1, -0.05) is 50.1 Å². The monoisotopic (exact) mass is 261 g/mol. The van der Waals surface area contributed by atoms with Gasteiger partial charge in [0.15, 0.2) is 0 Å². The molecule has 0 spiro atoms. The number of piperidine rings is 1. The van der Waals surface area contributed by atoms with E-state index in [0.717, 1.165) is 6.54 Å². The molecule has 1 aromatic carbocycles. The fraction of sp³-hybridized carbons (Fsp3) is 0.647. The summed E-state index contributed by atoms with van der Waals surface area (Å²) >= 11 is 0. The summed E-state index contributed by atoms with van der Waals surface area (Å²) < 4.78 is 0. The van der Waals surface area contributed by atoms with Crippen LogP contribution in [-0.2, 0) is 0 Å². The summed E-state index contributed by atoms with van der Waals surface area (Å²) in [6, 6.07) is 10.7. The van der Waals surface area contributed by atoms with Crippen molar-refractivity contribution >= 4 is 0 Å². The fourth-order valence-corrected chi connectivity index (χ4v) is 3.22. The van der Waals surface area contributed by atoms with E-state index in [-0.39, 0.29) is 0 Å². The molecule has 1 aliphatic rings. The molecule has 2 atom stereocenters. The van der Waals surface area contributed by atoms with Crippen molar-refractivity contribution in [2.75, 3.05) is 26.2 Å². The van der Waals surface area contributed by atoms with E-state index in [1.807, 2.05) is 0 Å². The molecule has 0 unspecified atom stereocenters. The predicted molar refractivity (Wildman–Crippen MR) is 80.3 cm³/mol. The molecule has 0 saturated carbocycles. The van der Waals surface area contributed by atoms with Crippen LogP contribution in [0.3, 0.4) is 0 Å². The van der Waals surface area contributed by atoms with E-state index in [4.69, 9.17) is 0 Å². The second-order valence-corrected chi connectivity index (χ2v) is 5.76. The number of aliphatic hydroxyl groups is 1. The molecular formula is C17H27NO. The molecule has 1 heterocycles. The molecule has 0 radical (unpaired) electrons. The van der Waals surface area contributed by atoms with E-state index >= 15 is 0 Å². The van der Waals surface area contributed by atoms with Gasteiger partial charge in [-0.2, -0.15) is 0 Å². The van der Waals surface area contributed by atoms with Gasteiger partial charge in [0.2, 0.25) is 0 Å². The minimum Gasteiger partial charge on any atom is -0.396 e. The molecule has 0 aromatic heterocycles. The number of benzene rings is 1. The number of aliphatic hydroxyl groups excluding tert-OH is 1. The van der Waals surface area contributed by atoms with Crippen molar-refractivity contribution in [3.05, 3.63) is 35.9 Å². The summed E-state index contributed by atoms with van der Waals surface area (Å²) in [7, 11) is 0. The Kier molecular flexibility index (Phi) is 5.87. The van der Waals surface area contributed by atoms with E-state index in [1.165, 1.54) is 44.3 Å². The average molecular weight is 261 g/mol. The summed E-state index contributed by atoms with van der Waals surface area (Å²) in [5.41, 5.74) is 1.40. The van der Waals surface area contributed by atoms with Gasteiger partial charge in [0.1, 0.15) is 0 Å². The molecule has 2 rings (SSSR count). The van der Waals surface area contributed by atoms with Crippen LogP contribution in [0.2, 0.25) is 0 Å². The van der Waals surface area contributed by atoms with Crippen molar-refractivity contribution in [1.82, 2.24) is 4.90 Å². The maximum absolute atomic E-state index is 9.69. The number of rotatable bonds is 6. The molecule has 19 heavy (non-hydrogen) atoms. The lowest BCUT2D eigenvalue weighted by atomic mass is 9.81. The van der Waals surface area contributed by atoms with Gasteiger partial charge < -0.3 is 10.0 Å². The molecule has 1 N–H and O–H groups in total. The third kappa shape index (κ3) is 4.05. The first-order valence-corrected chi connectivity index (χ1v) is 7.73. The number of unbranched alkanes of at least 4 members (excludes halogenated alkanes) is 2. The Labute approximate surface area is 117 Å². The second-order valence-electron chi connectivity index (χ2n) is 5.76. The molecule has 0 amide bonds.